The van der Waals surface area contributed by atoms with Crippen LogP contribution < -0.4 is 10.0 Å². The molecule has 2 N–H and O–H groups in total. The fourth-order valence-corrected chi connectivity index (χ4v) is 2.38. The molecule has 0 aliphatic carbocycles. The Kier molecular flexibility index (Phi) is 5.54. The van der Waals surface area contributed by atoms with Crippen molar-refractivity contribution in [2.45, 2.75) is 13.0 Å². The van der Waals surface area contributed by atoms with E-state index in [4.69, 9.17) is 0 Å². The Balaban J connectivity index is 2.47. The summed E-state index contributed by atoms with van der Waals surface area (Å²) in [5.74, 6) is -0.354. The Morgan fingerprint density at radius 3 is 2.65 bits per heavy atom. The summed E-state index contributed by atoms with van der Waals surface area (Å²) in [6.45, 7) is 0.634. The molecule has 0 spiro atoms. The number of rotatable bonds is 7. The van der Waals surface area contributed by atoms with E-state index in [0.717, 1.165) is 0 Å². The Hall–Kier alpha value is -0.980. The monoisotopic (exact) mass is 260 g/mol. The van der Waals surface area contributed by atoms with Crippen LogP contribution in [-0.2, 0) is 16.6 Å². The molecule has 0 aliphatic heterocycles. The van der Waals surface area contributed by atoms with Crippen molar-refractivity contribution in [3.05, 3.63) is 35.6 Å². The van der Waals surface area contributed by atoms with E-state index in [2.05, 4.69) is 10.0 Å². The molecule has 0 fully saturated rings. The van der Waals surface area contributed by atoms with Crippen molar-refractivity contribution >= 4 is 10.0 Å². The zero-order valence-corrected chi connectivity index (χ0v) is 10.6. The summed E-state index contributed by atoms with van der Waals surface area (Å²) in [6.07, 6.45) is 0.531. The standard InChI is InChI=1S/C11H17FN2O2S/c1-13-7-4-8-17(15,16)14-9-10-5-2-3-6-11(10)12/h2-3,5-6,13-14H,4,7-9H2,1H3. The lowest BCUT2D eigenvalue weighted by Gasteiger charge is -2.07. The van der Waals surface area contributed by atoms with E-state index < -0.39 is 15.8 Å². The van der Waals surface area contributed by atoms with Gasteiger partial charge in [-0.3, -0.25) is 0 Å². The van der Waals surface area contributed by atoms with Crippen LogP contribution in [0.4, 0.5) is 4.39 Å². The highest BCUT2D eigenvalue weighted by Gasteiger charge is 2.10. The summed E-state index contributed by atoms with van der Waals surface area (Å²) in [5.41, 5.74) is 0.352. The normalized spacial score (nSPS) is 11.6. The molecule has 0 radical (unpaired) electrons. The molecule has 0 amide bonds. The summed E-state index contributed by atoms with van der Waals surface area (Å²) < 4.78 is 38.7. The summed E-state index contributed by atoms with van der Waals surface area (Å²) in [4.78, 5) is 0. The van der Waals surface area contributed by atoms with Gasteiger partial charge in [0.1, 0.15) is 5.82 Å². The Bertz CT molecular complexity index is 449. The zero-order chi connectivity index (χ0) is 12.7. The van der Waals surface area contributed by atoms with Crippen molar-refractivity contribution in [2.24, 2.45) is 0 Å². The quantitative estimate of drug-likeness (QED) is 0.715. The molecule has 1 aromatic carbocycles. The van der Waals surface area contributed by atoms with Gasteiger partial charge in [-0.15, -0.1) is 0 Å². The zero-order valence-electron chi connectivity index (χ0n) is 9.74. The van der Waals surface area contributed by atoms with Gasteiger partial charge in [0.2, 0.25) is 10.0 Å². The smallest absolute Gasteiger partial charge is 0.211 e. The highest BCUT2D eigenvalue weighted by molar-refractivity contribution is 7.89. The van der Waals surface area contributed by atoms with E-state index in [9.17, 15) is 12.8 Å². The highest BCUT2D eigenvalue weighted by Crippen LogP contribution is 2.06. The first-order chi connectivity index (χ1) is 8.05. The van der Waals surface area contributed by atoms with Gasteiger partial charge in [-0.1, -0.05) is 18.2 Å². The predicted octanol–water partition coefficient (Wildman–Crippen LogP) is 0.855. The molecule has 0 saturated heterocycles. The molecule has 6 heteroatoms. The maximum atomic E-state index is 13.2. The van der Waals surface area contributed by atoms with Crippen LogP contribution in [-0.4, -0.2) is 27.8 Å². The van der Waals surface area contributed by atoms with Gasteiger partial charge in [0.25, 0.3) is 0 Å². The molecule has 17 heavy (non-hydrogen) atoms. The van der Waals surface area contributed by atoms with Crippen molar-refractivity contribution < 1.29 is 12.8 Å². The van der Waals surface area contributed by atoms with Gasteiger partial charge in [-0.25, -0.2) is 17.5 Å². The molecule has 0 aliphatic rings. The van der Waals surface area contributed by atoms with E-state index in [-0.39, 0.29) is 12.3 Å². The van der Waals surface area contributed by atoms with E-state index in [1.807, 2.05) is 0 Å². The van der Waals surface area contributed by atoms with Crippen molar-refractivity contribution in [3.63, 3.8) is 0 Å². The molecular formula is C11H17FN2O2S. The molecule has 0 bridgehead atoms. The summed E-state index contributed by atoms with van der Waals surface area (Å²) in [5, 5.41) is 2.87. The fraction of sp³-hybridized carbons (Fsp3) is 0.455. The van der Waals surface area contributed by atoms with Crippen LogP contribution in [0.25, 0.3) is 0 Å². The summed E-state index contributed by atoms with van der Waals surface area (Å²) in [6, 6.07) is 6.12. The third-order valence-electron chi connectivity index (χ3n) is 2.28. The lowest BCUT2D eigenvalue weighted by atomic mass is 10.2. The Morgan fingerprint density at radius 2 is 2.00 bits per heavy atom. The average Bonchev–Trinajstić information content (AvgIpc) is 2.28. The van der Waals surface area contributed by atoms with Crippen LogP contribution in [0.15, 0.2) is 24.3 Å². The molecule has 0 heterocycles. The van der Waals surface area contributed by atoms with Crippen molar-refractivity contribution in [1.29, 1.82) is 0 Å². The molecule has 0 atom stereocenters. The van der Waals surface area contributed by atoms with Crippen molar-refractivity contribution in [3.8, 4) is 0 Å². The minimum Gasteiger partial charge on any atom is -0.320 e. The van der Waals surface area contributed by atoms with E-state index >= 15 is 0 Å². The number of halogens is 1. The van der Waals surface area contributed by atoms with E-state index in [0.29, 0.717) is 18.5 Å². The van der Waals surface area contributed by atoms with Gasteiger partial charge in [-0.2, -0.15) is 0 Å². The van der Waals surface area contributed by atoms with Gasteiger partial charge in [0.15, 0.2) is 0 Å². The van der Waals surface area contributed by atoms with Gasteiger partial charge < -0.3 is 5.32 Å². The van der Waals surface area contributed by atoms with Gasteiger partial charge in [0.05, 0.1) is 5.75 Å². The Labute approximate surface area is 101 Å². The molecule has 0 unspecified atom stereocenters. The average molecular weight is 260 g/mol. The number of benzene rings is 1. The van der Waals surface area contributed by atoms with Gasteiger partial charge in [0, 0.05) is 12.1 Å². The first kappa shape index (κ1) is 14.1. The molecule has 1 aromatic rings. The lowest BCUT2D eigenvalue weighted by molar-refractivity contribution is 0.571. The van der Waals surface area contributed by atoms with Gasteiger partial charge in [-0.05, 0) is 26.1 Å². The number of hydrogen-bond acceptors (Lipinski definition) is 3. The minimum atomic E-state index is -3.33. The van der Waals surface area contributed by atoms with Gasteiger partial charge >= 0.3 is 0 Å². The lowest BCUT2D eigenvalue weighted by Crippen LogP contribution is -2.27. The van der Waals surface area contributed by atoms with Crippen LogP contribution in [0.1, 0.15) is 12.0 Å². The number of nitrogens with one attached hydrogen (secondary N) is 2. The largest absolute Gasteiger partial charge is 0.320 e. The molecule has 0 saturated carbocycles. The number of hydrogen-bond donors (Lipinski definition) is 2. The number of sulfonamides is 1. The van der Waals surface area contributed by atoms with Crippen LogP contribution in [0, 0.1) is 5.82 Å². The van der Waals surface area contributed by atoms with Crippen molar-refractivity contribution in [2.75, 3.05) is 19.3 Å². The first-order valence-corrected chi connectivity index (χ1v) is 7.06. The fourth-order valence-electron chi connectivity index (χ4n) is 1.34. The van der Waals surface area contributed by atoms with Crippen LogP contribution in [0.5, 0.6) is 0 Å². The molecule has 96 valence electrons. The SMILES string of the molecule is CNCCCS(=O)(=O)NCc1ccccc1F. The third kappa shape index (κ3) is 5.25. The Morgan fingerprint density at radius 1 is 1.29 bits per heavy atom. The molecule has 1 rings (SSSR count). The summed E-state index contributed by atoms with van der Waals surface area (Å²) >= 11 is 0. The maximum absolute atomic E-state index is 13.2. The third-order valence-corrected chi connectivity index (χ3v) is 3.69. The topological polar surface area (TPSA) is 58.2 Å². The van der Waals surface area contributed by atoms with Crippen molar-refractivity contribution in [1.82, 2.24) is 10.0 Å². The van der Waals surface area contributed by atoms with E-state index in [1.54, 1.807) is 25.2 Å². The summed E-state index contributed by atoms with van der Waals surface area (Å²) in [7, 11) is -1.56. The highest BCUT2D eigenvalue weighted by atomic mass is 32.2. The molecule has 0 aromatic heterocycles. The second-order valence-electron chi connectivity index (χ2n) is 3.69. The maximum Gasteiger partial charge on any atom is 0.211 e. The van der Waals surface area contributed by atoms with E-state index in [1.165, 1.54) is 6.07 Å². The molecule has 4 nitrogen and oxygen atoms in total. The molecular weight excluding hydrogens is 243 g/mol. The van der Waals surface area contributed by atoms with Crippen LogP contribution in [0.3, 0.4) is 0 Å². The second-order valence-corrected chi connectivity index (χ2v) is 5.61. The minimum absolute atomic E-state index is 0.00540. The second kappa shape index (κ2) is 6.68. The van der Waals surface area contributed by atoms with Crippen LogP contribution >= 0.6 is 0 Å². The predicted molar refractivity (Wildman–Crippen MR) is 65.6 cm³/mol. The van der Waals surface area contributed by atoms with Crippen LogP contribution in [0.2, 0.25) is 0 Å². The first-order valence-electron chi connectivity index (χ1n) is 5.40.